The van der Waals surface area contributed by atoms with Crippen LogP contribution in [0.4, 0.5) is 0 Å². The van der Waals surface area contributed by atoms with Crippen LogP contribution in [0.2, 0.25) is 10.0 Å². The predicted molar refractivity (Wildman–Crippen MR) is 72.6 cm³/mol. The highest BCUT2D eigenvalue weighted by Gasteiger charge is 2.16. The number of carbonyl (C=O) groups excluding carboxylic acids is 1. The van der Waals surface area contributed by atoms with Crippen LogP contribution >= 0.6 is 23.2 Å². The van der Waals surface area contributed by atoms with Crippen molar-refractivity contribution in [2.45, 2.75) is 12.8 Å². The number of benzene rings is 1. The third kappa shape index (κ3) is 5.07. The second kappa shape index (κ2) is 6.75. The number of halogens is 2. The number of nitrogens with zero attached hydrogens (tertiary/aromatic N) is 1. The molecule has 0 spiro atoms. The van der Waals surface area contributed by atoms with Gasteiger partial charge in [-0.3, -0.25) is 4.79 Å². The van der Waals surface area contributed by atoms with E-state index in [1.807, 2.05) is 10.8 Å². The summed E-state index contributed by atoms with van der Waals surface area (Å²) in [6, 6.07) is 5.88. The fourth-order valence-electron chi connectivity index (χ4n) is 1.23. The molecule has 0 atom stereocenters. The summed E-state index contributed by atoms with van der Waals surface area (Å²) >= 11 is 11.4. The molecule has 0 fully saturated rings. The summed E-state index contributed by atoms with van der Waals surface area (Å²) in [4.78, 5) is 11.7. The number of nitriles is 1. The van der Waals surface area contributed by atoms with Crippen LogP contribution in [0, 0.1) is 11.3 Å². The molecular weight excluding hydrogens is 311 g/mol. The minimum atomic E-state index is -3.75. The van der Waals surface area contributed by atoms with E-state index in [1.54, 1.807) is 0 Å². The minimum Gasteiger partial charge on any atom is -0.268 e. The van der Waals surface area contributed by atoms with Crippen LogP contribution in [-0.4, -0.2) is 20.1 Å². The first-order valence-electron chi connectivity index (χ1n) is 5.22. The monoisotopic (exact) mass is 320 g/mol. The van der Waals surface area contributed by atoms with E-state index in [0.29, 0.717) is 0 Å². The van der Waals surface area contributed by atoms with Gasteiger partial charge in [-0.2, -0.15) is 5.26 Å². The number of unbranched alkanes of at least 4 members (excludes halogenated alkanes) is 1. The second-order valence-corrected chi connectivity index (χ2v) is 6.30. The van der Waals surface area contributed by atoms with Gasteiger partial charge in [0, 0.05) is 12.0 Å². The van der Waals surface area contributed by atoms with Crippen LogP contribution in [0.15, 0.2) is 18.2 Å². The summed E-state index contributed by atoms with van der Waals surface area (Å²) in [6.07, 6.45) is 0.280. The van der Waals surface area contributed by atoms with E-state index >= 15 is 0 Å². The number of sulfonamides is 1. The molecule has 0 heterocycles. The average Bonchev–Trinajstić information content (AvgIpc) is 2.32. The molecule has 0 aliphatic rings. The van der Waals surface area contributed by atoms with Gasteiger partial charge < -0.3 is 0 Å². The Hall–Kier alpha value is -1.29. The summed E-state index contributed by atoms with van der Waals surface area (Å²) < 4.78 is 25.0. The van der Waals surface area contributed by atoms with E-state index in [4.69, 9.17) is 28.5 Å². The molecule has 1 N–H and O–H groups in total. The van der Waals surface area contributed by atoms with E-state index < -0.39 is 15.9 Å². The zero-order chi connectivity index (χ0) is 14.5. The molecule has 1 rings (SSSR count). The van der Waals surface area contributed by atoms with Gasteiger partial charge in [-0.05, 0) is 24.6 Å². The molecule has 0 saturated carbocycles. The second-order valence-electron chi connectivity index (χ2n) is 3.64. The van der Waals surface area contributed by atoms with Gasteiger partial charge in [0.1, 0.15) is 0 Å². The predicted octanol–water partition coefficient (Wildman–Crippen LogP) is 2.36. The van der Waals surface area contributed by atoms with Gasteiger partial charge in [-0.1, -0.05) is 23.2 Å². The summed E-state index contributed by atoms with van der Waals surface area (Å²) in [5.41, 5.74) is 0.0956. The smallest absolute Gasteiger partial charge is 0.264 e. The van der Waals surface area contributed by atoms with Crippen LogP contribution < -0.4 is 4.72 Å². The van der Waals surface area contributed by atoms with Gasteiger partial charge >= 0.3 is 0 Å². The highest BCUT2D eigenvalue weighted by molar-refractivity contribution is 7.90. The summed E-state index contributed by atoms with van der Waals surface area (Å²) in [5.74, 6) is -1.07. The molecule has 8 heteroatoms. The molecule has 102 valence electrons. The Labute approximate surface area is 121 Å². The van der Waals surface area contributed by atoms with Crippen molar-refractivity contribution in [1.29, 1.82) is 5.26 Å². The van der Waals surface area contributed by atoms with E-state index in [-0.39, 0.29) is 34.2 Å². The maximum absolute atomic E-state index is 11.7. The highest BCUT2D eigenvalue weighted by atomic mass is 35.5. The third-order valence-electron chi connectivity index (χ3n) is 2.13. The molecule has 0 aromatic heterocycles. The highest BCUT2D eigenvalue weighted by Crippen LogP contribution is 2.22. The third-order valence-corrected chi connectivity index (χ3v) is 4.19. The summed E-state index contributed by atoms with van der Waals surface area (Å²) in [6.45, 7) is 0. The Bertz CT molecular complexity index is 623. The molecule has 1 amide bonds. The van der Waals surface area contributed by atoms with E-state index in [0.717, 1.165) is 0 Å². The fourth-order valence-corrected chi connectivity index (χ4v) is 2.55. The molecule has 0 aliphatic carbocycles. The minimum absolute atomic E-state index is 0.0956. The lowest BCUT2D eigenvalue weighted by atomic mass is 10.2. The first-order valence-corrected chi connectivity index (χ1v) is 7.63. The first kappa shape index (κ1) is 15.8. The van der Waals surface area contributed by atoms with Crippen molar-refractivity contribution >= 4 is 39.1 Å². The zero-order valence-electron chi connectivity index (χ0n) is 9.69. The quantitative estimate of drug-likeness (QED) is 0.843. The average molecular weight is 321 g/mol. The van der Waals surface area contributed by atoms with Crippen molar-refractivity contribution in [2.24, 2.45) is 0 Å². The lowest BCUT2D eigenvalue weighted by Gasteiger charge is -2.06. The van der Waals surface area contributed by atoms with Gasteiger partial charge in [-0.15, -0.1) is 0 Å². The molecule has 0 unspecified atom stereocenters. The number of nitrogens with one attached hydrogen (secondary N) is 1. The first-order chi connectivity index (χ1) is 8.85. The lowest BCUT2D eigenvalue weighted by molar-refractivity contribution is 0.0981. The molecule has 0 saturated heterocycles. The molecule has 0 bridgehead atoms. The molecule has 1 aromatic carbocycles. The standard InChI is InChI=1S/C11H10Cl2N2O3S/c12-9-4-3-8(7-10(9)13)11(16)15-19(17,18)6-2-1-5-14/h3-4,7H,1-2,6H2,(H,15,16). The fraction of sp³-hybridized carbons (Fsp3) is 0.273. The molecule has 0 aliphatic heterocycles. The number of amides is 1. The Morgan fingerprint density at radius 3 is 2.58 bits per heavy atom. The van der Waals surface area contributed by atoms with Crippen LogP contribution in [0.5, 0.6) is 0 Å². The lowest BCUT2D eigenvalue weighted by Crippen LogP contribution is -2.32. The number of carbonyl (C=O) groups is 1. The SMILES string of the molecule is N#CCCCS(=O)(=O)NC(=O)c1ccc(Cl)c(Cl)c1. The van der Waals surface area contributed by atoms with Crippen LogP contribution in [0.25, 0.3) is 0 Å². The normalized spacial score (nSPS) is 10.8. The van der Waals surface area contributed by atoms with Gasteiger partial charge in [0.2, 0.25) is 10.0 Å². The molecule has 0 radical (unpaired) electrons. The van der Waals surface area contributed by atoms with Crippen LogP contribution in [0.3, 0.4) is 0 Å². The van der Waals surface area contributed by atoms with E-state index in [9.17, 15) is 13.2 Å². The topological polar surface area (TPSA) is 87.0 Å². The number of rotatable bonds is 5. The van der Waals surface area contributed by atoms with Crippen molar-refractivity contribution in [2.75, 3.05) is 5.75 Å². The van der Waals surface area contributed by atoms with Gasteiger partial charge in [-0.25, -0.2) is 13.1 Å². The van der Waals surface area contributed by atoms with Crippen molar-refractivity contribution < 1.29 is 13.2 Å². The van der Waals surface area contributed by atoms with Crippen molar-refractivity contribution in [1.82, 2.24) is 4.72 Å². The van der Waals surface area contributed by atoms with E-state index in [2.05, 4.69) is 0 Å². The Morgan fingerprint density at radius 1 is 1.32 bits per heavy atom. The molecule has 19 heavy (non-hydrogen) atoms. The summed E-state index contributed by atoms with van der Waals surface area (Å²) in [7, 11) is -3.75. The van der Waals surface area contributed by atoms with Crippen molar-refractivity contribution in [3.8, 4) is 6.07 Å². The van der Waals surface area contributed by atoms with Gasteiger partial charge in [0.15, 0.2) is 0 Å². The number of hydrogen-bond donors (Lipinski definition) is 1. The van der Waals surface area contributed by atoms with Gasteiger partial charge in [0.05, 0.1) is 21.9 Å². The van der Waals surface area contributed by atoms with Crippen LogP contribution in [0.1, 0.15) is 23.2 Å². The molecular formula is C11H10Cl2N2O3S. The van der Waals surface area contributed by atoms with Crippen molar-refractivity contribution in [3.05, 3.63) is 33.8 Å². The zero-order valence-corrected chi connectivity index (χ0v) is 12.0. The number of hydrogen-bond acceptors (Lipinski definition) is 4. The Kier molecular flexibility index (Phi) is 5.60. The Morgan fingerprint density at radius 2 is 2.00 bits per heavy atom. The largest absolute Gasteiger partial charge is 0.268 e. The maximum Gasteiger partial charge on any atom is 0.264 e. The summed E-state index contributed by atoms with van der Waals surface area (Å²) in [5, 5.41) is 8.76. The van der Waals surface area contributed by atoms with Crippen LogP contribution in [-0.2, 0) is 10.0 Å². The van der Waals surface area contributed by atoms with Gasteiger partial charge in [0.25, 0.3) is 5.91 Å². The van der Waals surface area contributed by atoms with E-state index in [1.165, 1.54) is 18.2 Å². The maximum atomic E-state index is 11.7. The van der Waals surface area contributed by atoms with Crippen molar-refractivity contribution in [3.63, 3.8) is 0 Å². The Balaban J connectivity index is 2.74. The molecule has 1 aromatic rings. The molecule has 5 nitrogen and oxygen atoms in total.